The lowest BCUT2D eigenvalue weighted by molar-refractivity contribution is 0.0813. The molecule has 1 unspecified atom stereocenters. The molecule has 47 valence electrons. The summed E-state index contributed by atoms with van der Waals surface area (Å²) >= 11 is 0. The van der Waals surface area contributed by atoms with Gasteiger partial charge in [0.05, 0.1) is 6.10 Å². The SMILES string of the molecule is CCOC(C)C[C]=O. The number of ether oxygens (including phenoxy) is 1. The van der Waals surface area contributed by atoms with Crippen LogP contribution in [-0.2, 0) is 9.53 Å². The minimum Gasteiger partial charge on any atom is -0.378 e. The highest BCUT2D eigenvalue weighted by molar-refractivity contribution is 5.50. The van der Waals surface area contributed by atoms with Crippen molar-refractivity contribution in [2.75, 3.05) is 6.61 Å². The van der Waals surface area contributed by atoms with Gasteiger partial charge in [0.25, 0.3) is 0 Å². The van der Waals surface area contributed by atoms with Crippen LogP contribution in [0.2, 0.25) is 0 Å². The third-order valence-electron chi connectivity index (χ3n) is 0.822. The van der Waals surface area contributed by atoms with E-state index in [0.717, 1.165) is 0 Å². The van der Waals surface area contributed by atoms with Gasteiger partial charge in [-0.3, -0.25) is 4.79 Å². The van der Waals surface area contributed by atoms with Gasteiger partial charge in [-0.2, -0.15) is 0 Å². The fourth-order valence-corrected chi connectivity index (χ4v) is 0.461. The lowest BCUT2D eigenvalue weighted by Crippen LogP contribution is -2.07. The van der Waals surface area contributed by atoms with E-state index >= 15 is 0 Å². The molecule has 0 rings (SSSR count). The van der Waals surface area contributed by atoms with Crippen LogP contribution in [0.25, 0.3) is 0 Å². The fourth-order valence-electron chi connectivity index (χ4n) is 0.461. The van der Waals surface area contributed by atoms with Crippen molar-refractivity contribution in [3.8, 4) is 0 Å². The topological polar surface area (TPSA) is 26.3 Å². The Bertz CT molecular complexity index is 61.5. The summed E-state index contributed by atoms with van der Waals surface area (Å²) in [6.07, 6.45) is 2.20. The van der Waals surface area contributed by atoms with Gasteiger partial charge in [0.15, 0.2) is 0 Å². The molecule has 0 spiro atoms. The molecule has 2 heteroatoms. The second-order valence-corrected chi connectivity index (χ2v) is 1.61. The van der Waals surface area contributed by atoms with Gasteiger partial charge in [-0.05, 0) is 13.8 Å². The molecule has 0 saturated heterocycles. The van der Waals surface area contributed by atoms with Crippen LogP contribution >= 0.6 is 0 Å². The van der Waals surface area contributed by atoms with Crippen LogP contribution in [0.4, 0.5) is 0 Å². The minimum absolute atomic E-state index is 0.0394. The van der Waals surface area contributed by atoms with Crippen LogP contribution in [0.3, 0.4) is 0 Å². The molecule has 0 aliphatic rings. The standard InChI is InChI=1S/C6H11O2/c1-3-8-6(2)4-5-7/h6H,3-4H2,1-2H3. The maximum atomic E-state index is 9.69. The smallest absolute Gasteiger partial charge is 0.201 e. The van der Waals surface area contributed by atoms with E-state index in [4.69, 9.17) is 4.74 Å². The molecular formula is C6H11O2. The average molecular weight is 115 g/mol. The first-order valence-corrected chi connectivity index (χ1v) is 2.77. The molecule has 0 N–H and O–H groups in total. The molecule has 0 amide bonds. The van der Waals surface area contributed by atoms with E-state index in [0.29, 0.717) is 13.0 Å². The van der Waals surface area contributed by atoms with E-state index in [-0.39, 0.29) is 6.10 Å². The largest absolute Gasteiger partial charge is 0.378 e. The molecule has 8 heavy (non-hydrogen) atoms. The van der Waals surface area contributed by atoms with Crippen molar-refractivity contribution in [2.45, 2.75) is 26.4 Å². The Labute approximate surface area is 49.8 Å². The van der Waals surface area contributed by atoms with E-state index in [9.17, 15) is 4.79 Å². The third kappa shape index (κ3) is 3.81. The maximum Gasteiger partial charge on any atom is 0.201 e. The first-order valence-electron chi connectivity index (χ1n) is 2.77. The molecule has 0 aromatic heterocycles. The molecule has 0 saturated carbocycles. The van der Waals surface area contributed by atoms with Gasteiger partial charge in [-0.1, -0.05) is 0 Å². The summed E-state index contributed by atoms with van der Waals surface area (Å²) in [7, 11) is 0. The average Bonchev–Trinajstić information content (AvgIpc) is 1.68. The Morgan fingerprint density at radius 1 is 1.75 bits per heavy atom. The summed E-state index contributed by atoms with van der Waals surface area (Å²) in [4.78, 5) is 9.69. The molecule has 2 nitrogen and oxygen atoms in total. The summed E-state index contributed by atoms with van der Waals surface area (Å²) in [5.41, 5.74) is 0. The van der Waals surface area contributed by atoms with Crippen molar-refractivity contribution in [3.05, 3.63) is 0 Å². The molecule has 1 radical (unpaired) electrons. The number of carbonyl (C=O) groups excluding carboxylic acids is 1. The Morgan fingerprint density at radius 3 is 2.75 bits per heavy atom. The molecule has 1 atom stereocenters. The summed E-state index contributed by atoms with van der Waals surface area (Å²) in [6.45, 7) is 4.43. The predicted molar refractivity (Wildman–Crippen MR) is 31.4 cm³/mol. The van der Waals surface area contributed by atoms with Crippen molar-refractivity contribution in [3.63, 3.8) is 0 Å². The van der Waals surface area contributed by atoms with Crippen molar-refractivity contribution in [1.82, 2.24) is 0 Å². The van der Waals surface area contributed by atoms with Gasteiger partial charge in [0.2, 0.25) is 6.29 Å². The highest BCUT2D eigenvalue weighted by atomic mass is 16.5. The predicted octanol–water partition coefficient (Wildman–Crippen LogP) is 0.911. The van der Waals surface area contributed by atoms with E-state index in [1.807, 2.05) is 13.8 Å². The summed E-state index contributed by atoms with van der Waals surface area (Å²) < 4.78 is 5.02. The first-order chi connectivity index (χ1) is 3.81. The van der Waals surface area contributed by atoms with E-state index in [1.165, 1.54) is 0 Å². The Balaban J connectivity index is 3.03. The van der Waals surface area contributed by atoms with Crippen molar-refractivity contribution < 1.29 is 9.53 Å². The van der Waals surface area contributed by atoms with Crippen LogP contribution in [-0.4, -0.2) is 19.0 Å². The van der Waals surface area contributed by atoms with Gasteiger partial charge in [0, 0.05) is 13.0 Å². The molecule has 0 aromatic rings. The highest BCUT2D eigenvalue weighted by Crippen LogP contribution is 1.91. The van der Waals surface area contributed by atoms with Crippen molar-refractivity contribution in [2.24, 2.45) is 0 Å². The molecule has 0 fully saturated rings. The lowest BCUT2D eigenvalue weighted by atomic mass is 10.3. The number of rotatable bonds is 4. The van der Waals surface area contributed by atoms with Crippen LogP contribution in [0.15, 0.2) is 0 Å². The molecular weight excluding hydrogens is 104 g/mol. The fraction of sp³-hybridized carbons (Fsp3) is 0.833. The third-order valence-corrected chi connectivity index (χ3v) is 0.822. The quantitative estimate of drug-likeness (QED) is 0.544. The molecule has 0 aromatic carbocycles. The zero-order valence-corrected chi connectivity index (χ0v) is 5.31. The van der Waals surface area contributed by atoms with Gasteiger partial charge in [-0.15, -0.1) is 0 Å². The van der Waals surface area contributed by atoms with Crippen LogP contribution < -0.4 is 0 Å². The Kier molecular flexibility index (Phi) is 4.56. The minimum atomic E-state index is 0.0394. The number of hydrogen-bond acceptors (Lipinski definition) is 2. The second-order valence-electron chi connectivity index (χ2n) is 1.61. The molecule has 0 aliphatic carbocycles. The van der Waals surface area contributed by atoms with E-state index in [1.54, 1.807) is 6.29 Å². The lowest BCUT2D eigenvalue weighted by Gasteiger charge is -2.04. The Hall–Kier alpha value is -0.370. The zero-order valence-electron chi connectivity index (χ0n) is 5.31. The van der Waals surface area contributed by atoms with Crippen molar-refractivity contribution >= 4 is 6.29 Å². The van der Waals surface area contributed by atoms with Crippen LogP contribution in [0, 0.1) is 0 Å². The van der Waals surface area contributed by atoms with Gasteiger partial charge < -0.3 is 4.74 Å². The monoisotopic (exact) mass is 115 g/mol. The summed E-state index contributed by atoms with van der Waals surface area (Å²) in [5.74, 6) is 0. The van der Waals surface area contributed by atoms with Crippen LogP contribution in [0.5, 0.6) is 0 Å². The molecule has 0 bridgehead atoms. The molecule has 0 heterocycles. The number of hydrogen-bond donors (Lipinski definition) is 0. The first kappa shape index (κ1) is 7.63. The van der Waals surface area contributed by atoms with Gasteiger partial charge in [-0.25, -0.2) is 0 Å². The maximum absolute atomic E-state index is 9.69. The Morgan fingerprint density at radius 2 is 2.38 bits per heavy atom. The highest BCUT2D eigenvalue weighted by Gasteiger charge is 1.96. The van der Waals surface area contributed by atoms with Gasteiger partial charge >= 0.3 is 0 Å². The molecule has 0 aliphatic heterocycles. The van der Waals surface area contributed by atoms with Crippen molar-refractivity contribution in [1.29, 1.82) is 0 Å². The van der Waals surface area contributed by atoms with E-state index in [2.05, 4.69) is 0 Å². The van der Waals surface area contributed by atoms with Gasteiger partial charge in [0.1, 0.15) is 0 Å². The van der Waals surface area contributed by atoms with Crippen LogP contribution in [0.1, 0.15) is 20.3 Å². The summed E-state index contributed by atoms with van der Waals surface area (Å²) in [5, 5.41) is 0. The second kappa shape index (κ2) is 4.78. The zero-order chi connectivity index (χ0) is 6.41. The summed E-state index contributed by atoms with van der Waals surface area (Å²) in [6, 6.07) is 0. The van der Waals surface area contributed by atoms with E-state index < -0.39 is 0 Å². The normalized spacial score (nSPS) is 13.2.